The molecular formula is C12H14F2N2O. The summed E-state index contributed by atoms with van der Waals surface area (Å²) in [6.07, 6.45) is 1.48. The molecule has 92 valence electrons. The Balaban J connectivity index is 2.32. The number of rotatable bonds is 2. The average Bonchev–Trinajstić information content (AvgIpc) is 2.27. The quantitative estimate of drug-likeness (QED) is 0.823. The SMILES string of the molecule is NC(=O)C1CCCNC1c1cc(F)cc(F)c1. The lowest BCUT2D eigenvalue weighted by atomic mass is 9.86. The third-order valence-corrected chi connectivity index (χ3v) is 3.07. The Bertz CT molecular complexity index is 416. The van der Waals surface area contributed by atoms with Crippen LogP contribution < -0.4 is 11.1 Å². The Hall–Kier alpha value is -1.49. The lowest BCUT2D eigenvalue weighted by molar-refractivity contribution is -0.123. The number of carbonyl (C=O) groups excluding carboxylic acids is 1. The van der Waals surface area contributed by atoms with Crippen molar-refractivity contribution in [2.75, 3.05) is 6.54 Å². The Kier molecular flexibility index (Phi) is 3.38. The van der Waals surface area contributed by atoms with Gasteiger partial charge in [-0.25, -0.2) is 8.78 Å². The molecule has 1 aromatic carbocycles. The monoisotopic (exact) mass is 240 g/mol. The van der Waals surface area contributed by atoms with E-state index in [0.29, 0.717) is 18.5 Å². The van der Waals surface area contributed by atoms with Gasteiger partial charge in [0, 0.05) is 12.1 Å². The summed E-state index contributed by atoms with van der Waals surface area (Å²) in [6, 6.07) is 2.89. The van der Waals surface area contributed by atoms with Gasteiger partial charge in [0.15, 0.2) is 0 Å². The van der Waals surface area contributed by atoms with Crippen molar-refractivity contribution >= 4 is 5.91 Å². The highest BCUT2D eigenvalue weighted by atomic mass is 19.1. The van der Waals surface area contributed by atoms with Gasteiger partial charge in [0.1, 0.15) is 11.6 Å². The number of amides is 1. The molecule has 2 atom stereocenters. The standard InChI is InChI=1S/C12H14F2N2O/c13-8-4-7(5-9(14)6-8)11-10(12(15)17)2-1-3-16-11/h4-6,10-11,16H,1-3H2,(H2,15,17). The summed E-state index contributed by atoms with van der Waals surface area (Å²) < 4.78 is 26.3. The van der Waals surface area contributed by atoms with Crippen LogP contribution in [0.25, 0.3) is 0 Å². The molecule has 1 amide bonds. The van der Waals surface area contributed by atoms with E-state index in [1.165, 1.54) is 12.1 Å². The summed E-state index contributed by atoms with van der Waals surface area (Å²) >= 11 is 0. The topological polar surface area (TPSA) is 55.1 Å². The van der Waals surface area contributed by atoms with E-state index in [2.05, 4.69) is 5.32 Å². The highest BCUT2D eigenvalue weighted by Gasteiger charge is 2.30. The first-order chi connectivity index (χ1) is 8.08. The Morgan fingerprint density at radius 1 is 1.29 bits per heavy atom. The van der Waals surface area contributed by atoms with Crippen molar-refractivity contribution in [2.24, 2.45) is 11.7 Å². The summed E-state index contributed by atoms with van der Waals surface area (Å²) in [5, 5.41) is 3.09. The smallest absolute Gasteiger partial charge is 0.222 e. The van der Waals surface area contributed by atoms with E-state index >= 15 is 0 Å². The summed E-state index contributed by atoms with van der Waals surface area (Å²) in [5.41, 5.74) is 5.74. The molecule has 1 aliphatic heterocycles. The zero-order valence-corrected chi connectivity index (χ0v) is 9.25. The van der Waals surface area contributed by atoms with Crippen molar-refractivity contribution in [2.45, 2.75) is 18.9 Å². The minimum absolute atomic E-state index is 0.397. The zero-order valence-electron chi connectivity index (χ0n) is 9.25. The second kappa shape index (κ2) is 4.79. The molecule has 1 aliphatic rings. The van der Waals surface area contributed by atoms with Crippen molar-refractivity contribution in [3.63, 3.8) is 0 Å². The number of nitrogens with one attached hydrogen (secondary N) is 1. The minimum atomic E-state index is -0.643. The Labute approximate surface area is 98.0 Å². The summed E-state index contributed by atoms with van der Waals surface area (Å²) in [5.74, 6) is -2.14. The maximum absolute atomic E-state index is 13.1. The Morgan fingerprint density at radius 3 is 2.53 bits per heavy atom. The maximum atomic E-state index is 13.1. The summed E-state index contributed by atoms with van der Waals surface area (Å²) in [6.45, 7) is 0.715. The van der Waals surface area contributed by atoms with Gasteiger partial charge in [0.25, 0.3) is 0 Å². The van der Waals surface area contributed by atoms with E-state index in [9.17, 15) is 13.6 Å². The van der Waals surface area contributed by atoms with Crippen LogP contribution in [-0.4, -0.2) is 12.5 Å². The number of hydrogen-bond donors (Lipinski definition) is 2. The van der Waals surface area contributed by atoms with Crippen molar-refractivity contribution in [1.82, 2.24) is 5.32 Å². The molecule has 1 aromatic rings. The van der Waals surface area contributed by atoms with Gasteiger partial charge in [-0.3, -0.25) is 4.79 Å². The zero-order chi connectivity index (χ0) is 12.4. The molecule has 0 radical (unpaired) electrons. The molecule has 1 saturated heterocycles. The van der Waals surface area contributed by atoms with Gasteiger partial charge in [0.05, 0.1) is 5.92 Å². The molecule has 3 nitrogen and oxygen atoms in total. The van der Waals surface area contributed by atoms with Crippen LogP contribution in [0.1, 0.15) is 24.4 Å². The fraction of sp³-hybridized carbons (Fsp3) is 0.417. The lowest BCUT2D eigenvalue weighted by Crippen LogP contribution is -2.41. The molecule has 2 unspecified atom stereocenters. The molecule has 2 rings (SSSR count). The molecule has 1 heterocycles. The molecule has 0 spiro atoms. The predicted molar refractivity (Wildman–Crippen MR) is 59.0 cm³/mol. The average molecular weight is 240 g/mol. The van der Waals surface area contributed by atoms with Gasteiger partial charge in [-0.1, -0.05) is 0 Å². The van der Waals surface area contributed by atoms with Gasteiger partial charge < -0.3 is 11.1 Å². The van der Waals surface area contributed by atoms with Crippen LogP contribution in [0.4, 0.5) is 8.78 Å². The molecule has 1 fully saturated rings. The second-order valence-electron chi connectivity index (χ2n) is 4.29. The van der Waals surface area contributed by atoms with Crippen molar-refractivity contribution in [1.29, 1.82) is 0 Å². The number of carbonyl (C=O) groups is 1. The van der Waals surface area contributed by atoms with Gasteiger partial charge in [-0.15, -0.1) is 0 Å². The molecule has 5 heteroatoms. The first-order valence-corrected chi connectivity index (χ1v) is 5.56. The highest BCUT2D eigenvalue weighted by Crippen LogP contribution is 2.29. The molecule has 0 aromatic heterocycles. The number of primary amides is 1. The van der Waals surface area contributed by atoms with Crippen molar-refractivity contribution in [3.05, 3.63) is 35.4 Å². The second-order valence-corrected chi connectivity index (χ2v) is 4.29. The minimum Gasteiger partial charge on any atom is -0.369 e. The summed E-state index contributed by atoms with van der Waals surface area (Å²) in [4.78, 5) is 11.3. The van der Waals surface area contributed by atoms with E-state index in [4.69, 9.17) is 5.73 Å². The fourth-order valence-corrected chi connectivity index (χ4v) is 2.30. The number of benzene rings is 1. The van der Waals surface area contributed by atoms with Crippen molar-refractivity contribution in [3.8, 4) is 0 Å². The lowest BCUT2D eigenvalue weighted by Gasteiger charge is -2.30. The number of halogens is 2. The van der Waals surface area contributed by atoms with Crippen LogP contribution in [0.5, 0.6) is 0 Å². The van der Waals surface area contributed by atoms with Crippen LogP contribution in [0, 0.1) is 17.6 Å². The first-order valence-electron chi connectivity index (χ1n) is 5.56. The van der Waals surface area contributed by atoms with Gasteiger partial charge >= 0.3 is 0 Å². The normalized spacial score (nSPS) is 24.6. The van der Waals surface area contributed by atoms with Crippen LogP contribution in [0.15, 0.2) is 18.2 Å². The largest absolute Gasteiger partial charge is 0.369 e. The molecule has 3 N–H and O–H groups in total. The van der Waals surface area contributed by atoms with E-state index in [-0.39, 0.29) is 0 Å². The van der Waals surface area contributed by atoms with Crippen LogP contribution in [0.2, 0.25) is 0 Å². The number of piperidine rings is 1. The molecular weight excluding hydrogens is 226 g/mol. The molecule has 0 saturated carbocycles. The Morgan fingerprint density at radius 2 is 1.94 bits per heavy atom. The number of hydrogen-bond acceptors (Lipinski definition) is 2. The molecule has 0 aliphatic carbocycles. The van der Waals surface area contributed by atoms with Gasteiger partial charge in [0.2, 0.25) is 5.91 Å². The third kappa shape index (κ3) is 2.61. The van der Waals surface area contributed by atoms with Crippen LogP contribution in [0.3, 0.4) is 0 Å². The predicted octanol–water partition coefficient (Wildman–Crippen LogP) is 1.49. The van der Waals surface area contributed by atoms with Gasteiger partial charge in [-0.2, -0.15) is 0 Å². The summed E-state index contributed by atoms with van der Waals surface area (Å²) in [7, 11) is 0. The van der Waals surface area contributed by atoms with Crippen LogP contribution >= 0.6 is 0 Å². The van der Waals surface area contributed by atoms with Gasteiger partial charge in [-0.05, 0) is 37.1 Å². The highest BCUT2D eigenvalue weighted by molar-refractivity contribution is 5.77. The van der Waals surface area contributed by atoms with E-state index in [1.54, 1.807) is 0 Å². The molecule has 17 heavy (non-hydrogen) atoms. The van der Waals surface area contributed by atoms with E-state index in [1.807, 2.05) is 0 Å². The maximum Gasteiger partial charge on any atom is 0.222 e. The fourth-order valence-electron chi connectivity index (χ4n) is 2.30. The van der Waals surface area contributed by atoms with Crippen LogP contribution in [-0.2, 0) is 4.79 Å². The first kappa shape index (κ1) is 12.0. The molecule has 0 bridgehead atoms. The van der Waals surface area contributed by atoms with Crippen molar-refractivity contribution < 1.29 is 13.6 Å². The van der Waals surface area contributed by atoms with E-state index < -0.39 is 29.5 Å². The number of nitrogens with two attached hydrogens (primary N) is 1. The third-order valence-electron chi connectivity index (χ3n) is 3.07. The van der Waals surface area contributed by atoms with E-state index in [0.717, 1.165) is 12.5 Å².